The zero-order valence-corrected chi connectivity index (χ0v) is 77.9. The molecule has 1 aromatic heterocycles. The highest BCUT2D eigenvalue weighted by Gasteiger charge is 2.32. The number of hydrogen-bond acceptors (Lipinski definition) is 1. The normalized spacial score (nSPS) is 12.6. The van der Waals surface area contributed by atoms with E-state index in [2.05, 4.69) is 477 Å². The van der Waals surface area contributed by atoms with E-state index in [4.69, 9.17) is 0 Å². The lowest BCUT2D eigenvalue weighted by Gasteiger charge is -2.26. The molecule has 2 nitrogen and oxygen atoms in total. The Morgan fingerprint density at radius 2 is 0.529 bits per heavy atom. The molecule has 0 spiro atoms. The Morgan fingerprint density at radius 3 is 0.993 bits per heavy atom. The van der Waals surface area contributed by atoms with Gasteiger partial charge in [0.1, 0.15) is 0 Å². The fraction of sp³-hybridized carbons (Fsp3) is 0.0735. The van der Waals surface area contributed by atoms with Crippen molar-refractivity contribution in [3.05, 3.63) is 435 Å². The molecular weight excluding hydrogens is 1660 g/mol. The van der Waals surface area contributed by atoms with Gasteiger partial charge in [-0.05, 0) is 369 Å². The summed E-state index contributed by atoms with van der Waals surface area (Å²) in [4.78, 5) is 2.39. The Hall–Kier alpha value is -16.8. The standard InChI is InChI=1S/C76H59N.C60H33N/c1-44(2)46-23-30-55(31-24-46)77(56-32-25-47(26-33-56)45(3)4)57-34-27-48(28-35-57)58-37-38-61-64-43-65-66(42-63(64)60-20-14-19-59(58)72(60)61)70(50-17-12-9-13-18-50)75-67-41-53-40-54(76(5,6)7)39-52-22-21-51-29-36-62(73(67)71(51)68(52)53)74(75)69(65)49-15-10-8-11-16-49;1-3-13-34(14-4-1)54-47-32-45-41-21-12-22-43-52(61-50-23-9-7-19-39(50)40-20-8-10-24-51(40)61)30-29-42(57(41)43)46(45)33-48(47)55(35-15-5-2-6-16-35)60-49-31-38-18-11-17-36-25-26-37-27-28-44(59(54)60)58(49)56(37)53(36)38/h8-45H,1-7H3;1-33H. The molecule has 30 rings (SSSR count). The maximum atomic E-state index is 2.56. The minimum Gasteiger partial charge on any atom is -0.311 e. The van der Waals surface area contributed by atoms with Gasteiger partial charge < -0.3 is 9.47 Å². The van der Waals surface area contributed by atoms with Crippen LogP contribution in [0.4, 0.5) is 17.1 Å². The molecule has 646 valence electrons. The third-order valence-electron chi connectivity index (χ3n) is 31.5. The van der Waals surface area contributed by atoms with Crippen LogP contribution in [0.25, 0.3) is 277 Å². The zero-order valence-electron chi connectivity index (χ0n) is 77.9. The van der Waals surface area contributed by atoms with E-state index in [-0.39, 0.29) is 5.41 Å². The third kappa shape index (κ3) is 11.2. The zero-order chi connectivity index (χ0) is 91.5. The molecule has 0 bridgehead atoms. The van der Waals surface area contributed by atoms with Crippen LogP contribution in [0, 0.1) is 0 Å². The Balaban J connectivity index is 0.000000136. The van der Waals surface area contributed by atoms with E-state index in [0.717, 1.165) is 17.1 Å². The SMILES string of the molecule is CC(C)c1ccc(N(c2ccc(-c3ccc4c5cc6c(-c7ccccc7)c7c8ccc9ccc%10cc(C(C)(C)C)cc%11cc(c7c(-c7ccccc7)c6cc5c5cccc3c45)c8c9c%10%11)cc2)c2ccc(C(C)C)cc2)cc1.c1ccc(-c2c3cc4c(cc3c(-c3ccccc3)c3c5cc6cccc7ccc8ccc(c23)c5c8c76)c2ccc(-n3c5ccccc5c5ccccc53)c3cccc4c32)cc1. The second-order valence-corrected chi connectivity index (χ2v) is 40.6. The Kier molecular flexibility index (Phi) is 16.7. The highest BCUT2D eigenvalue weighted by molar-refractivity contribution is 6.49. The molecule has 138 heavy (non-hydrogen) atoms. The summed E-state index contributed by atoms with van der Waals surface area (Å²) in [6, 6.07) is 159. The summed E-state index contributed by atoms with van der Waals surface area (Å²) in [7, 11) is 0. The number of nitrogens with zero attached hydrogens (tertiary/aromatic N) is 2. The predicted octanol–water partition coefficient (Wildman–Crippen LogP) is 39.2. The van der Waals surface area contributed by atoms with Gasteiger partial charge in [0, 0.05) is 33.2 Å². The topological polar surface area (TPSA) is 8.17 Å². The number of anilines is 3. The summed E-state index contributed by atoms with van der Waals surface area (Å²) in [5.74, 6) is 0.940. The minimum atomic E-state index is 0.00931. The molecule has 0 amide bonds. The number of aromatic nitrogens is 1. The van der Waals surface area contributed by atoms with E-state index in [1.807, 2.05) is 0 Å². The highest BCUT2D eigenvalue weighted by atomic mass is 15.1. The van der Waals surface area contributed by atoms with Crippen molar-refractivity contribution in [2.24, 2.45) is 0 Å². The van der Waals surface area contributed by atoms with Gasteiger partial charge in [0.15, 0.2) is 0 Å². The van der Waals surface area contributed by atoms with Crippen molar-refractivity contribution in [2.45, 2.75) is 65.7 Å². The molecule has 0 N–H and O–H groups in total. The average molecular weight is 1750 g/mol. The first kappa shape index (κ1) is 78.7. The van der Waals surface area contributed by atoms with Crippen molar-refractivity contribution in [2.75, 3.05) is 4.90 Å². The van der Waals surface area contributed by atoms with Crippen molar-refractivity contribution in [3.63, 3.8) is 0 Å². The van der Waals surface area contributed by atoms with Crippen LogP contribution in [-0.2, 0) is 5.41 Å². The van der Waals surface area contributed by atoms with Gasteiger partial charge in [0.25, 0.3) is 0 Å². The van der Waals surface area contributed by atoms with Gasteiger partial charge in [-0.1, -0.05) is 376 Å². The van der Waals surface area contributed by atoms with Gasteiger partial charge in [0.2, 0.25) is 0 Å². The van der Waals surface area contributed by atoms with Crippen molar-refractivity contribution in [3.8, 4) is 61.3 Å². The molecule has 0 aliphatic carbocycles. The van der Waals surface area contributed by atoms with Gasteiger partial charge in [0.05, 0.1) is 16.7 Å². The van der Waals surface area contributed by atoms with Crippen LogP contribution in [0.2, 0.25) is 0 Å². The highest BCUT2D eigenvalue weighted by Crippen LogP contribution is 2.60. The van der Waals surface area contributed by atoms with Crippen LogP contribution in [0.5, 0.6) is 0 Å². The molecule has 0 fully saturated rings. The second kappa shape index (κ2) is 29.4. The van der Waals surface area contributed by atoms with E-state index < -0.39 is 0 Å². The van der Waals surface area contributed by atoms with Crippen LogP contribution in [0.15, 0.2) is 419 Å². The van der Waals surface area contributed by atoms with Crippen LogP contribution in [0.1, 0.15) is 77.0 Å². The van der Waals surface area contributed by atoms with E-state index in [9.17, 15) is 0 Å². The van der Waals surface area contributed by atoms with E-state index in [1.54, 1.807) is 0 Å². The molecule has 0 aliphatic rings. The summed E-state index contributed by atoms with van der Waals surface area (Å²) in [5.41, 5.74) is 23.8. The van der Waals surface area contributed by atoms with Gasteiger partial charge in [-0.3, -0.25) is 0 Å². The summed E-state index contributed by atoms with van der Waals surface area (Å²) < 4.78 is 2.48. The van der Waals surface area contributed by atoms with Gasteiger partial charge in [-0.2, -0.15) is 0 Å². The minimum absolute atomic E-state index is 0.00931. The molecule has 0 saturated heterocycles. The molecule has 2 heteroatoms. The van der Waals surface area contributed by atoms with Crippen LogP contribution in [0.3, 0.4) is 0 Å². The molecule has 0 aliphatic heterocycles. The molecular formula is C136H92N2. The Labute approximate surface area is 798 Å². The molecule has 30 aromatic rings. The molecule has 0 saturated carbocycles. The maximum absolute atomic E-state index is 2.56. The lowest BCUT2D eigenvalue weighted by molar-refractivity contribution is 0.591. The first-order valence-electron chi connectivity index (χ1n) is 49.1. The van der Waals surface area contributed by atoms with E-state index in [0.29, 0.717) is 11.8 Å². The smallest absolute Gasteiger partial charge is 0.0541 e. The lowest BCUT2D eigenvalue weighted by atomic mass is 9.83. The fourth-order valence-electron chi connectivity index (χ4n) is 25.3. The molecule has 0 atom stereocenters. The number of fused-ring (bicyclic) bond motifs is 17. The Morgan fingerprint density at radius 1 is 0.196 bits per heavy atom. The van der Waals surface area contributed by atoms with Crippen LogP contribution >= 0.6 is 0 Å². The molecule has 1 heterocycles. The fourth-order valence-corrected chi connectivity index (χ4v) is 25.3. The molecule has 29 aromatic carbocycles. The molecule has 0 radical (unpaired) electrons. The monoisotopic (exact) mass is 1750 g/mol. The van der Waals surface area contributed by atoms with Crippen molar-refractivity contribution >= 4 is 233 Å². The Bertz CT molecular complexity index is 10100. The molecule has 0 unspecified atom stereocenters. The summed E-state index contributed by atoms with van der Waals surface area (Å²) in [6.07, 6.45) is 0. The van der Waals surface area contributed by atoms with Crippen LogP contribution in [-0.4, -0.2) is 4.57 Å². The number of benzene rings is 25. The van der Waals surface area contributed by atoms with Gasteiger partial charge in [-0.25, -0.2) is 0 Å². The number of para-hydroxylation sites is 2. The lowest BCUT2D eigenvalue weighted by Crippen LogP contribution is -2.10. The predicted molar refractivity (Wildman–Crippen MR) is 598 cm³/mol. The van der Waals surface area contributed by atoms with Crippen molar-refractivity contribution in [1.29, 1.82) is 0 Å². The number of hydrogen-bond donors (Lipinski definition) is 0. The van der Waals surface area contributed by atoms with E-state index >= 15 is 0 Å². The summed E-state index contributed by atoms with van der Waals surface area (Å²) in [6.45, 7) is 16.0. The summed E-state index contributed by atoms with van der Waals surface area (Å²) >= 11 is 0. The van der Waals surface area contributed by atoms with Gasteiger partial charge in [-0.15, -0.1) is 0 Å². The third-order valence-corrected chi connectivity index (χ3v) is 31.5. The largest absolute Gasteiger partial charge is 0.311 e. The van der Waals surface area contributed by atoms with Crippen LogP contribution < -0.4 is 4.90 Å². The quantitative estimate of drug-likeness (QED) is 0.117. The first-order chi connectivity index (χ1) is 67.8. The van der Waals surface area contributed by atoms with E-state index in [1.165, 1.54) is 294 Å². The first-order valence-corrected chi connectivity index (χ1v) is 49.1. The van der Waals surface area contributed by atoms with Gasteiger partial charge >= 0.3 is 0 Å². The van der Waals surface area contributed by atoms with Crippen molar-refractivity contribution in [1.82, 2.24) is 4.57 Å². The maximum Gasteiger partial charge on any atom is 0.0541 e. The van der Waals surface area contributed by atoms with Crippen molar-refractivity contribution < 1.29 is 0 Å². The number of rotatable bonds is 11. The second-order valence-electron chi connectivity index (χ2n) is 40.6. The average Bonchev–Trinajstić information content (AvgIpc) is 1.52. The summed E-state index contributed by atoms with van der Waals surface area (Å²) in [5, 5.41) is 50.1.